The van der Waals surface area contributed by atoms with Crippen molar-refractivity contribution < 1.29 is 13.9 Å². The number of aromatic nitrogens is 2. The minimum absolute atomic E-state index is 0.0987. The SMILES string of the molecule is COc1ccc(-c2nnc(SCC(=O)N3CCCC3c3ccc(C(C)(C)C)cc3)o2)cc1. The van der Waals surface area contributed by atoms with Crippen molar-refractivity contribution in [2.24, 2.45) is 0 Å². The number of likely N-dealkylation sites (tertiary alicyclic amines) is 1. The Kier molecular flexibility index (Phi) is 6.55. The number of ether oxygens (including phenoxy) is 1. The number of thioether (sulfide) groups is 1. The van der Waals surface area contributed by atoms with Crippen LogP contribution in [0.25, 0.3) is 11.5 Å². The molecule has 0 bridgehead atoms. The molecule has 1 aromatic heterocycles. The summed E-state index contributed by atoms with van der Waals surface area (Å²) in [6.45, 7) is 7.42. The molecule has 7 heteroatoms. The van der Waals surface area contributed by atoms with Gasteiger partial charge in [-0.15, -0.1) is 10.2 Å². The molecule has 2 heterocycles. The highest BCUT2D eigenvalue weighted by Gasteiger charge is 2.30. The molecular formula is C25H29N3O3S. The summed E-state index contributed by atoms with van der Waals surface area (Å²) >= 11 is 1.29. The number of hydrogen-bond acceptors (Lipinski definition) is 6. The zero-order chi connectivity index (χ0) is 22.7. The minimum Gasteiger partial charge on any atom is -0.497 e. The van der Waals surface area contributed by atoms with Gasteiger partial charge >= 0.3 is 0 Å². The van der Waals surface area contributed by atoms with Gasteiger partial charge in [0.25, 0.3) is 5.22 Å². The van der Waals surface area contributed by atoms with E-state index in [1.54, 1.807) is 7.11 Å². The van der Waals surface area contributed by atoms with Crippen molar-refractivity contribution in [3.05, 3.63) is 59.7 Å². The molecule has 1 unspecified atom stereocenters. The summed E-state index contributed by atoms with van der Waals surface area (Å²) in [6, 6.07) is 16.3. The number of carbonyl (C=O) groups is 1. The molecule has 1 fully saturated rings. The van der Waals surface area contributed by atoms with E-state index in [2.05, 4.69) is 55.2 Å². The fraction of sp³-hybridized carbons (Fsp3) is 0.400. The Bertz CT molecular complexity index is 1060. The van der Waals surface area contributed by atoms with Crippen LogP contribution in [0.15, 0.2) is 58.2 Å². The van der Waals surface area contributed by atoms with Gasteiger partial charge in [-0.1, -0.05) is 56.8 Å². The summed E-state index contributed by atoms with van der Waals surface area (Å²) in [5.74, 6) is 1.57. The first kappa shape index (κ1) is 22.4. The fourth-order valence-corrected chi connectivity index (χ4v) is 4.59. The molecule has 32 heavy (non-hydrogen) atoms. The highest BCUT2D eigenvalue weighted by atomic mass is 32.2. The third-order valence-electron chi connectivity index (χ3n) is 5.80. The van der Waals surface area contributed by atoms with Gasteiger partial charge in [-0.2, -0.15) is 0 Å². The Morgan fingerprint density at radius 3 is 2.50 bits per heavy atom. The Labute approximate surface area is 193 Å². The molecule has 3 aromatic rings. The van der Waals surface area contributed by atoms with Gasteiger partial charge in [0.2, 0.25) is 11.8 Å². The molecule has 1 saturated heterocycles. The van der Waals surface area contributed by atoms with Gasteiger partial charge in [0.05, 0.1) is 18.9 Å². The van der Waals surface area contributed by atoms with Gasteiger partial charge in [0.1, 0.15) is 5.75 Å². The topological polar surface area (TPSA) is 68.5 Å². The van der Waals surface area contributed by atoms with Crippen LogP contribution in [-0.4, -0.2) is 40.4 Å². The average Bonchev–Trinajstić information content (AvgIpc) is 3.47. The largest absolute Gasteiger partial charge is 0.497 e. The van der Waals surface area contributed by atoms with Crippen LogP contribution < -0.4 is 4.74 Å². The molecule has 2 aromatic carbocycles. The van der Waals surface area contributed by atoms with E-state index in [9.17, 15) is 4.79 Å². The number of carbonyl (C=O) groups excluding carboxylic acids is 1. The van der Waals surface area contributed by atoms with Crippen molar-refractivity contribution in [1.82, 2.24) is 15.1 Å². The quantitative estimate of drug-likeness (QED) is 0.461. The second-order valence-electron chi connectivity index (χ2n) is 9.01. The predicted octanol–water partition coefficient (Wildman–Crippen LogP) is 5.50. The third-order valence-corrected chi connectivity index (χ3v) is 6.60. The van der Waals surface area contributed by atoms with Crippen LogP contribution in [0.3, 0.4) is 0 Å². The molecule has 0 radical (unpaired) electrons. The van der Waals surface area contributed by atoms with Crippen molar-refractivity contribution in [3.63, 3.8) is 0 Å². The van der Waals surface area contributed by atoms with Crippen molar-refractivity contribution in [1.29, 1.82) is 0 Å². The van der Waals surface area contributed by atoms with E-state index >= 15 is 0 Å². The van der Waals surface area contributed by atoms with Gasteiger partial charge in [-0.05, 0) is 53.6 Å². The molecule has 0 aliphatic carbocycles. The third kappa shape index (κ3) is 4.99. The van der Waals surface area contributed by atoms with Crippen LogP contribution in [0, 0.1) is 0 Å². The summed E-state index contributed by atoms with van der Waals surface area (Å²) < 4.78 is 10.9. The second-order valence-corrected chi connectivity index (χ2v) is 9.93. The first-order valence-electron chi connectivity index (χ1n) is 10.9. The van der Waals surface area contributed by atoms with E-state index in [1.807, 2.05) is 29.2 Å². The lowest BCUT2D eigenvalue weighted by atomic mass is 9.86. The van der Waals surface area contributed by atoms with Gasteiger partial charge in [0, 0.05) is 12.1 Å². The molecule has 4 rings (SSSR count). The molecule has 0 spiro atoms. The number of methoxy groups -OCH3 is 1. The number of amides is 1. The Morgan fingerprint density at radius 2 is 1.84 bits per heavy atom. The molecule has 1 atom stereocenters. The van der Waals surface area contributed by atoms with Crippen molar-refractivity contribution in [2.75, 3.05) is 19.4 Å². The highest BCUT2D eigenvalue weighted by molar-refractivity contribution is 7.99. The lowest BCUT2D eigenvalue weighted by Crippen LogP contribution is -2.32. The number of rotatable bonds is 6. The molecular weight excluding hydrogens is 422 g/mol. The van der Waals surface area contributed by atoms with E-state index < -0.39 is 0 Å². The summed E-state index contributed by atoms with van der Waals surface area (Å²) in [7, 11) is 1.62. The predicted molar refractivity (Wildman–Crippen MR) is 126 cm³/mol. The van der Waals surface area contributed by atoms with Crippen LogP contribution >= 0.6 is 11.8 Å². The molecule has 1 aliphatic heterocycles. The van der Waals surface area contributed by atoms with Crippen LogP contribution in [0.2, 0.25) is 0 Å². The maximum Gasteiger partial charge on any atom is 0.277 e. The van der Waals surface area contributed by atoms with Crippen molar-refractivity contribution >= 4 is 17.7 Å². The maximum atomic E-state index is 13.0. The van der Waals surface area contributed by atoms with E-state index in [1.165, 1.54) is 22.9 Å². The zero-order valence-electron chi connectivity index (χ0n) is 19.0. The molecule has 1 amide bonds. The second kappa shape index (κ2) is 9.36. The van der Waals surface area contributed by atoms with Crippen LogP contribution in [0.4, 0.5) is 0 Å². The maximum absolute atomic E-state index is 13.0. The molecule has 1 aliphatic rings. The zero-order valence-corrected chi connectivity index (χ0v) is 19.8. The summed E-state index contributed by atoms with van der Waals surface area (Å²) in [5, 5.41) is 8.59. The summed E-state index contributed by atoms with van der Waals surface area (Å²) in [5.41, 5.74) is 3.44. The van der Waals surface area contributed by atoms with Gasteiger partial charge in [-0.25, -0.2) is 0 Å². The Hall–Kier alpha value is -2.80. The van der Waals surface area contributed by atoms with Crippen LogP contribution in [-0.2, 0) is 10.2 Å². The monoisotopic (exact) mass is 451 g/mol. The first-order valence-corrected chi connectivity index (χ1v) is 11.8. The molecule has 0 N–H and O–H groups in total. The highest BCUT2D eigenvalue weighted by Crippen LogP contribution is 2.34. The Balaban J connectivity index is 1.38. The number of hydrogen-bond donors (Lipinski definition) is 0. The van der Waals surface area contributed by atoms with E-state index in [4.69, 9.17) is 9.15 Å². The van der Waals surface area contributed by atoms with Crippen LogP contribution in [0.1, 0.15) is 50.8 Å². The van der Waals surface area contributed by atoms with Crippen molar-refractivity contribution in [2.45, 2.75) is 50.3 Å². The lowest BCUT2D eigenvalue weighted by molar-refractivity contribution is -0.129. The molecule has 168 valence electrons. The normalized spacial score (nSPS) is 16.4. The smallest absolute Gasteiger partial charge is 0.277 e. The van der Waals surface area contributed by atoms with E-state index in [-0.39, 0.29) is 23.1 Å². The minimum atomic E-state index is 0.0987. The first-order chi connectivity index (χ1) is 15.3. The number of benzene rings is 2. The van der Waals surface area contributed by atoms with E-state index in [0.717, 1.165) is 30.7 Å². The van der Waals surface area contributed by atoms with Gasteiger partial charge in [0.15, 0.2) is 0 Å². The molecule has 6 nitrogen and oxygen atoms in total. The summed E-state index contributed by atoms with van der Waals surface area (Å²) in [4.78, 5) is 15.0. The van der Waals surface area contributed by atoms with Gasteiger partial charge in [-0.3, -0.25) is 4.79 Å². The lowest BCUT2D eigenvalue weighted by Gasteiger charge is -2.26. The standard InChI is InChI=1S/C25H29N3O3S/c1-25(2,3)19-11-7-17(8-12-19)21-6-5-15-28(21)22(29)16-32-24-27-26-23(31-24)18-9-13-20(30-4)14-10-18/h7-14,21H,5-6,15-16H2,1-4H3. The van der Waals surface area contributed by atoms with Gasteiger partial charge < -0.3 is 14.1 Å². The van der Waals surface area contributed by atoms with E-state index in [0.29, 0.717) is 11.1 Å². The Morgan fingerprint density at radius 1 is 1.12 bits per heavy atom. The summed E-state index contributed by atoms with van der Waals surface area (Å²) in [6.07, 6.45) is 2.01. The number of nitrogens with zero attached hydrogens (tertiary/aromatic N) is 3. The molecule has 0 saturated carbocycles. The average molecular weight is 452 g/mol. The van der Waals surface area contributed by atoms with Crippen molar-refractivity contribution in [3.8, 4) is 17.2 Å². The van der Waals surface area contributed by atoms with Crippen LogP contribution in [0.5, 0.6) is 5.75 Å². The fourth-order valence-electron chi connectivity index (χ4n) is 3.94.